The average Bonchev–Trinajstić information content (AvgIpc) is 3.46. The van der Waals surface area contributed by atoms with Crippen molar-refractivity contribution in [2.24, 2.45) is 5.41 Å². The molecule has 0 saturated carbocycles. The van der Waals surface area contributed by atoms with Gasteiger partial charge in [0.2, 0.25) is 5.41 Å². The number of fused-ring (bicyclic) bond motifs is 2. The van der Waals surface area contributed by atoms with Gasteiger partial charge in [-0.1, -0.05) is 54.6 Å². The molecule has 0 bridgehead atoms. The summed E-state index contributed by atoms with van der Waals surface area (Å²) >= 11 is 0. The van der Waals surface area contributed by atoms with Crippen LogP contribution in [-0.2, 0) is 19.1 Å². The Hall–Kier alpha value is -4.32. The van der Waals surface area contributed by atoms with Gasteiger partial charge in [0.05, 0.1) is 31.9 Å². The van der Waals surface area contributed by atoms with E-state index in [1.54, 1.807) is 21.0 Å². The van der Waals surface area contributed by atoms with Crippen LogP contribution in [0.15, 0.2) is 85.1 Å². The minimum absolute atomic E-state index is 0.127. The number of esters is 2. The molecule has 0 spiro atoms. The molecule has 4 aromatic rings. The summed E-state index contributed by atoms with van der Waals surface area (Å²) in [5.74, 6) is -0.597. The van der Waals surface area contributed by atoms with Crippen LogP contribution in [0.3, 0.4) is 0 Å². The van der Waals surface area contributed by atoms with Crippen molar-refractivity contribution in [3.63, 3.8) is 0 Å². The molecule has 37 heavy (non-hydrogen) atoms. The predicted octanol–water partition coefficient (Wildman–Crippen LogP) is 5.91. The van der Waals surface area contributed by atoms with Gasteiger partial charge in [-0.15, -0.1) is 0 Å². The monoisotopic (exact) mass is 495 g/mol. The molecular formula is C31H29NO5. The first kappa shape index (κ1) is 24.4. The van der Waals surface area contributed by atoms with E-state index in [9.17, 15) is 9.59 Å². The number of carbonyl (C=O) groups excluding carboxylic acids is 2. The van der Waals surface area contributed by atoms with Crippen molar-refractivity contribution >= 4 is 34.5 Å². The van der Waals surface area contributed by atoms with E-state index in [2.05, 4.69) is 0 Å². The van der Waals surface area contributed by atoms with Gasteiger partial charge in [0.25, 0.3) is 0 Å². The summed E-state index contributed by atoms with van der Waals surface area (Å²) in [7, 11) is 1.61. The summed E-state index contributed by atoms with van der Waals surface area (Å²) in [6, 6.07) is 24.4. The Morgan fingerprint density at radius 3 is 2.24 bits per heavy atom. The third kappa shape index (κ3) is 3.89. The van der Waals surface area contributed by atoms with Crippen molar-refractivity contribution in [2.45, 2.75) is 19.9 Å². The van der Waals surface area contributed by atoms with Crippen molar-refractivity contribution in [1.82, 2.24) is 4.57 Å². The third-order valence-electron chi connectivity index (χ3n) is 6.89. The Morgan fingerprint density at radius 1 is 0.892 bits per heavy atom. The van der Waals surface area contributed by atoms with E-state index in [1.165, 1.54) is 0 Å². The van der Waals surface area contributed by atoms with Crippen LogP contribution >= 0.6 is 0 Å². The Balaban J connectivity index is 1.89. The molecule has 0 radical (unpaired) electrons. The third-order valence-corrected chi connectivity index (χ3v) is 6.89. The maximum atomic E-state index is 14.1. The van der Waals surface area contributed by atoms with Crippen LogP contribution in [0.2, 0.25) is 0 Å². The first-order valence-electron chi connectivity index (χ1n) is 12.4. The number of aromatic nitrogens is 1. The Labute approximate surface area is 216 Å². The Bertz CT molecular complexity index is 1470. The summed E-state index contributed by atoms with van der Waals surface area (Å²) in [6.07, 6.45) is 3.81. The van der Waals surface area contributed by atoms with Crippen molar-refractivity contribution in [1.29, 1.82) is 0 Å². The number of benzene rings is 3. The van der Waals surface area contributed by atoms with Gasteiger partial charge in [-0.25, -0.2) is 0 Å². The van der Waals surface area contributed by atoms with Gasteiger partial charge >= 0.3 is 11.9 Å². The molecule has 6 heteroatoms. The molecule has 5 rings (SSSR count). The minimum atomic E-state index is -1.76. The van der Waals surface area contributed by atoms with Gasteiger partial charge in [0.1, 0.15) is 5.75 Å². The Kier molecular flexibility index (Phi) is 6.57. The maximum Gasteiger partial charge on any atom is 0.330 e. The second-order valence-electron chi connectivity index (χ2n) is 8.86. The molecule has 1 aromatic heterocycles. The highest BCUT2D eigenvalue weighted by molar-refractivity contribution is 6.18. The molecule has 3 aromatic carbocycles. The molecule has 1 heterocycles. The lowest BCUT2D eigenvalue weighted by molar-refractivity contribution is -0.168. The number of ether oxygens (including phenoxy) is 3. The summed E-state index contributed by atoms with van der Waals surface area (Å²) in [5.41, 5.74) is 2.14. The highest BCUT2D eigenvalue weighted by atomic mass is 16.6. The van der Waals surface area contributed by atoms with E-state index in [4.69, 9.17) is 14.2 Å². The van der Waals surface area contributed by atoms with Crippen molar-refractivity contribution in [2.75, 3.05) is 20.3 Å². The number of carbonyl (C=O) groups is 2. The van der Waals surface area contributed by atoms with Crippen LogP contribution in [0, 0.1) is 5.41 Å². The Morgan fingerprint density at radius 2 is 1.57 bits per heavy atom. The van der Waals surface area contributed by atoms with Gasteiger partial charge in [-0.3, -0.25) is 9.59 Å². The van der Waals surface area contributed by atoms with E-state index < -0.39 is 23.4 Å². The topological polar surface area (TPSA) is 66.8 Å². The van der Waals surface area contributed by atoms with E-state index in [1.807, 2.05) is 95.7 Å². The zero-order valence-corrected chi connectivity index (χ0v) is 21.1. The number of rotatable bonds is 7. The van der Waals surface area contributed by atoms with Gasteiger partial charge in [-0.2, -0.15) is 0 Å². The average molecular weight is 496 g/mol. The molecule has 1 aliphatic rings. The van der Waals surface area contributed by atoms with Crippen molar-refractivity contribution < 1.29 is 23.8 Å². The number of methoxy groups -OCH3 is 1. The van der Waals surface area contributed by atoms with Gasteiger partial charge < -0.3 is 18.8 Å². The standard InChI is InChI=1S/C31H29NO5/c1-4-36-29(33)31(30(34)37-5-2)26(19-21-11-7-6-8-12-21)24-13-9-10-14-25(24)28(31)32-18-17-22-15-16-23(35-3)20-27(22)32/h6-20,28H,4-5H2,1-3H3/b26-19-. The molecule has 0 fully saturated rings. The van der Waals surface area contributed by atoms with E-state index in [0.29, 0.717) is 11.3 Å². The molecule has 188 valence electrons. The fraction of sp³-hybridized carbons (Fsp3) is 0.226. The second-order valence-corrected chi connectivity index (χ2v) is 8.86. The summed E-state index contributed by atoms with van der Waals surface area (Å²) in [5, 5.41) is 0.959. The molecule has 6 nitrogen and oxygen atoms in total. The number of nitrogens with zero attached hydrogens (tertiary/aromatic N) is 1. The normalized spacial score (nSPS) is 16.9. The molecule has 0 amide bonds. The van der Waals surface area contributed by atoms with Crippen LogP contribution in [0.5, 0.6) is 5.75 Å². The largest absolute Gasteiger partial charge is 0.497 e. The van der Waals surface area contributed by atoms with Crippen molar-refractivity contribution in [3.05, 3.63) is 102 Å². The molecule has 0 N–H and O–H groups in total. The second kappa shape index (κ2) is 9.97. The van der Waals surface area contributed by atoms with E-state index in [-0.39, 0.29) is 13.2 Å². The lowest BCUT2D eigenvalue weighted by atomic mass is 9.76. The van der Waals surface area contributed by atoms with E-state index in [0.717, 1.165) is 27.6 Å². The lowest BCUT2D eigenvalue weighted by Gasteiger charge is -2.34. The molecule has 0 saturated heterocycles. The predicted molar refractivity (Wildman–Crippen MR) is 143 cm³/mol. The minimum Gasteiger partial charge on any atom is -0.497 e. The van der Waals surface area contributed by atoms with Crippen molar-refractivity contribution in [3.8, 4) is 5.75 Å². The molecule has 0 aliphatic heterocycles. The molecule has 1 unspecified atom stereocenters. The summed E-state index contributed by atoms with van der Waals surface area (Å²) in [4.78, 5) is 28.2. The van der Waals surface area contributed by atoms with Crippen LogP contribution in [0.4, 0.5) is 0 Å². The highest BCUT2D eigenvalue weighted by Crippen LogP contribution is 2.58. The molecule has 1 aliphatic carbocycles. The van der Waals surface area contributed by atoms with Crippen LogP contribution in [-0.4, -0.2) is 36.8 Å². The fourth-order valence-corrected chi connectivity index (χ4v) is 5.34. The lowest BCUT2D eigenvalue weighted by Crippen LogP contribution is -2.47. The smallest absolute Gasteiger partial charge is 0.330 e. The maximum absolute atomic E-state index is 14.1. The fourth-order valence-electron chi connectivity index (χ4n) is 5.34. The summed E-state index contributed by atoms with van der Waals surface area (Å²) < 4.78 is 18.8. The zero-order chi connectivity index (χ0) is 26.0. The highest BCUT2D eigenvalue weighted by Gasteiger charge is 2.63. The molecular weight excluding hydrogens is 466 g/mol. The van der Waals surface area contributed by atoms with Gasteiger partial charge in [0.15, 0.2) is 0 Å². The SMILES string of the molecule is CCOC(=O)C1(C(=O)OCC)/C(=C\c2ccccc2)c2ccccc2C1n1ccc2ccc(OC)cc21. The first-order valence-corrected chi connectivity index (χ1v) is 12.4. The quantitative estimate of drug-likeness (QED) is 0.236. The van der Waals surface area contributed by atoms with Gasteiger partial charge in [0, 0.05) is 12.3 Å². The number of hydrogen-bond acceptors (Lipinski definition) is 5. The summed E-state index contributed by atoms with van der Waals surface area (Å²) in [6.45, 7) is 3.73. The van der Waals surface area contributed by atoms with Crippen LogP contribution in [0.1, 0.15) is 36.6 Å². The first-order chi connectivity index (χ1) is 18.1. The van der Waals surface area contributed by atoms with E-state index >= 15 is 0 Å². The van der Waals surface area contributed by atoms with Crippen LogP contribution < -0.4 is 4.74 Å². The zero-order valence-electron chi connectivity index (χ0n) is 21.1. The van der Waals surface area contributed by atoms with Crippen LogP contribution in [0.25, 0.3) is 22.6 Å². The number of hydrogen-bond donors (Lipinski definition) is 0. The van der Waals surface area contributed by atoms with Gasteiger partial charge in [-0.05, 0) is 65.8 Å². The molecule has 1 atom stereocenters.